The van der Waals surface area contributed by atoms with Gasteiger partial charge in [0.05, 0.1) is 4.92 Å². The highest BCUT2D eigenvalue weighted by Gasteiger charge is 2.17. The lowest BCUT2D eigenvalue weighted by molar-refractivity contribution is -0.384. The molecule has 0 unspecified atom stereocenters. The van der Waals surface area contributed by atoms with E-state index in [4.69, 9.17) is 11.6 Å². The van der Waals surface area contributed by atoms with Gasteiger partial charge in [-0.2, -0.15) is 0 Å². The fraction of sp³-hybridized carbons (Fsp3) is 0.308. The summed E-state index contributed by atoms with van der Waals surface area (Å²) in [7, 11) is 0. The van der Waals surface area contributed by atoms with E-state index in [1.165, 1.54) is 23.5 Å². The number of hydrogen-bond donors (Lipinski definition) is 1. The van der Waals surface area contributed by atoms with Crippen LogP contribution in [0.25, 0.3) is 0 Å². The number of nitro groups is 1. The van der Waals surface area contributed by atoms with Crippen molar-refractivity contribution in [3.8, 4) is 0 Å². The number of nitro benzene ring substituents is 1. The first-order chi connectivity index (χ1) is 11.0. The van der Waals surface area contributed by atoms with E-state index >= 15 is 0 Å². The molecule has 7 nitrogen and oxygen atoms in total. The van der Waals surface area contributed by atoms with Crippen molar-refractivity contribution in [2.75, 3.05) is 11.1 Å². The van der Waals surface area contributed by atoms with Crippen molar-refractivity contribution in [2.24, 2.45) is 0 Å². The van der Waals surface area contributed by atoms with Gasteiger partial charge in [-0.3, -0.25) is 20.2 Å². The number of rotatable bonds is 7. The van der Waals surface area contributed by atoms with Gasteiger partial charge in [-0.05, 0) is 18.6 Å². The Bertz CT molecular complexity index is 723. The van der Waals surface area contributed by atoms with Gasteiger partial charge in [0, 0.05) is 17.4 Å². The molecule has 0 bridgehead atoms. The number of thioether (sulfide) groups is 1. The predicted octanol–water partition coefficient (Wildman–Crippen LogP) is 4.24. The second kappa shape index (κ2) is 8.23. The minimum atomic E-state index is -0.632. The predicted molar refractivity (Wildman–Crippen MR) is 91.6 cm³/mol. The van der Waals surface area contributed by atoms with Gasteiger partial charge in [-0.15, -0.1) is 10.2 Å². The molecule has 1 aromatic heterocycles. The quantitative estimate of drug-likeness (QED) is 0.256. The van der Waals surface area contributed by atoms with Crippen LogP contribution in [-0.2, 0) is 0 Å². The van der Waals surface area contributed by atoms with E-state index in [9.17, 15) is 14.9 Å². The van der Waals surface area contributed by atoms with Crippen molar-refractivity contribution in [3.05, 3.63) is 38.9 Å². The minimum absolute atomic E-state index is 0.0166. The molecule has 0 saturated heterocycles. The van der Waals surface area contributed by atoms with E-state index in [1.54, 1.807) is 11.8 Å². The third kappa shape index (κ3) is 4.88. The number of amides is 1. The van der Waals surface area contributed by atoms with Gasteiger partial charge in [0.2, 0.25) is 5.13 Å². The third-order valence-corrected chi connectivity index (χ3v) is 5.13. The van der Waals surface area contributed by atoms with Gasteiger partial charge in [-0.25, -0.2) is 0 Å². The van der Waals surface area contributed by atoms with Crippen LogP contribution in [0.2, 0.25) is 5.02 Å². The Morgan fingerprint density at radius 3 is 2.96 bits per heavy atom. The van der Waals surface area contributed by atoms with Gasteiger partial charge < -0.3 is 0 Å². The van der Waals surface area contributed by atoms with Gasteiger partial charge in [0.25, 0.3) is 11.6 Å². The molecule has 0 radical (unpaired) electrons. The first kappa shape index (κ1) is 17.6. The number of hydrogen-bond acceptors (Lipinski definition) is 7. The highest BCUT2D eigenvalue weighted by atomic mass is 35.5. The topological polar surface area (TPSA) is 98.0 Å². The van der Waals surface area contributed by atoms with Crippen LogP contribution >= 0.6 is 34.7 Å². The van der Waals surface area contributed by atoms with Crippen LogP contribution in [0.15, 0.2) is 22.5 Å². The zero-order valence-corrected chi connectivity index (χ0v) is 14.5. The number of nitrogens with one attached hydrogen (secondary N) is 1. The maximum atomic E-state index is 12.1. The number of carbonyl (C=O) groups is 1. The summed E-state index contributed by atoms with van der Waals surface area (Å²) < 4.78 is 0.774. The maximum Gasteiger partial charge on any atom is 0.288 e. The number of nitrogens with zero attached hydrogens (tertiary/aromatic N) is 3. The average Bonchev–Trinajstić information content (AvgIpc) is 2.95. The summed E-state index contributed by atoms with van der Waals surface area (Å²) in [6.07, 6.45) is 2.19. The monoisotopic (exact) mass is 372 g/mol. The lowest BCUT2D eigenvalue weighted by atomic mass is 10.2. The normalized spacial score (nSPS) is 10.5. The number of halogens is 1. The Hall–Kier alpha value is -1.71. The lowest BCUT2D eigenvalue weighted by Gasteiger charge is -2.02. The summed E-state index contributed by atoms with van der Waals surface area (Å²) in [5.41, 5.74) is -0.177. The molecule has 1 aromatic carbocycles. The van der Waals surface area contributed by atoms with Crippen LogP contribution in [0, 0.1) is 10.1 Å². The lowest BCUT2D eigenvalue weighted by Crippen LogP contribution is -2.12. The van der Waals surface area contributed by atoms with Gasteiger partial charge in [0.1, 0.15) is 5.02 Å². The molecule has 0 atom stereocenters. The first-order valence-electron chi connectivity index (χ1n) is 6.73. The SMILES string of the molecule is CCCCSc1nnc(NC(=O)c2ccc(Cl)c([N+](=O)[O-])c2)s1. The van der Waals surface area contributed by atoms with E-state index < -0.39 is 10.8 Å². The molecule has 10 heteroatoms. The van der Waals surface area contributed by atoms with E-state index in [1.807, 2.05) is 0 Å². The van der Waals surface area contributed by atoms with Gasteiger partial charge in [0.15, 0.2) is 4.34 Å². The van der Waals surface area contributed by atoms with Crippen LogP contribution in [0.4, 0.5) is 10.8 Å². The molecular weight excluding hydrogens is 360 g/mol. The maximum absolute atomic E-state index is 12.1. The van der Waals surface area contributed by atoms with Crippen LogP contribution in [0.5, 0.6) is 0 Å². The molecule has 2 rings (SSSR count). The molecule has 0 aliphatic carbocycles. The summed E-state index contributed by atoms with van der Waals surface area (Å²) in [6.45, 7) is 2.11. The van der Waals surface area contributed by atoms with Crippen LogP contribution in [0.1, 0.15) is 30.1 Å². The van der Waals surface area contributed by atoms with E-state index in [0.29, 0.717) is 5.13 Å². The van der Waals surface area contributed by atoms with Gasteiger partial charge >= 0.3 is 0 Å². The second-order valence-electron chi connectivity index (χ2n) is 4.45. The summed E-state index contributed by atoms with van der Waals surface area (Å²) in [4.78, 5) is 22.3. The molecule has 2 aromatic rings. The van der Waals surface area contributed by atoms with E-state index in [2.05, 4.69) is 22.4 Å². The van der Waals surface area contributed by atoms with Crippen molar-refractivity contribution in [3.63, 3.8) is 0 Å². The third-order valence-electron chi connectivity index (χ3n) is 2.76. The van der Waals surface area contributed by atoms with E-state index in [0.717, 1.165) is 29.0 Å². The highest BCUT2D eigenvalue weighted by molar-refractivity contribution is 8.01. The summed E-state index contributed by atoms with van der Waals surface area (Å²) in [5, 5.41) is 21.6. The number of aromatic nitrogens is 2. The van der Waals surface area contributed by atoms with Crippen LogP contribution < -0.4 is 5.32 Å². The Morgan fingerprint density at radius 1 is 1.48 bits per heavy atom. The number of anilines is 1. The van der Waals surface area contributed by atoms with E-state index in [-0.39, 0.29) is 16.3 Å². The number of carbonyl (C=O) groups excluding carboxylic acids is 1. The molecule has 0 fully saturated rings. The largest absolute Gasteiger partial charge is 0.296 e. The fourth-order valence-electron chi connectivity index (χ4n) is 1.59. The molecule has 122 valence electrons. The molecule has 1 heterocycles. The molecular formula is C13H13ClN4O3S2. The van der Waals surface area contributed by atoms with Crippen molar-refractivity contribution >= 4 is 51.4 Å². The smallest absolute Gasteiger partial charge is 0.288 e. The zero-order valence-electron chi connectivity index (χ0n) is 12.1. The minimum Gasteiger partial charge on any atom is -0.296 e. The molecule has 0 saturated carbocycles. The van der Waals surface area contributed by atoms with Gasteiger partial charge in [-0.1, -0.05) is 48.0 Å². The van der Waals surface area contributed by atoms with Crippen LogP contribution in [0.3, 0.4) is 0 Å². The van der Waals surface area contributed by atoms with Crippen molar-refractivity contribution in [1.82, 2.24) is 10.2 Å². The fourth-order valence-corrected chi connectivity index (χ4v) is 3.67. The number of benzene rings is 1. The molecule has 0 spiro atoms. The Morgan fingerprint density at radius 2 is 2.26 bits per heavy atom. The summed E-state index contributed by atoms with van der Waals surface area (Å²) >= 11 is 8.58. The first-order valence-corrected chi connectivity index (χ1v) is 8.91. The molecule has 1 N–H and O–H groups in total. The van der Waals surface area contributed by atoms with Crippen molar-refractivity contribution < 1.29 is 9.72 Å². The standard InChI is InChI=1S/C13H13ClN4O3S2/c1-2-3-6-22-13-17-16-12(23-13)15-11(19)8-4-5-9(14)10(7-8)18(20)21/h4-5,7H,2-3,6H2,1H3,(H,15,16,19). The Balaban J connectivity index is 2.04. The molecule has 0 aliphatic heterocycles. The zero-order chi connectivity index (χ0) is 16.8. The average molecular weight is 373 g/mol. The second-order valence-corrected chi connectivity index (χ2v) is 7.18. The summed E-state index contributed by atoms with van der Waals surface area (Å²) in [5.74, 6) is 0.452. The number of unbranched alkanes of at least 4 members (excludes halogenated alkanes) is 1. The molecule has 0 aliphatic rings. The van der Waals surface area contributed by atoms with Crippen molar-refractivity contribution in [2.45, 2.75) is 24.1 Å². The van der Waals surface area contributed by atoms with Crippen LogP contribution in [-0.4, -0.2) is 26.8 Å². The summed E-state index contributed by atoms with van der Waals surface area (Å²) in [6, 6.07) is 3.87. The van der Waals surface area contributed by atoms with Crippen molar-refractivity contribution in [1.29, 1.82) is 0 Å². The molecule has 1 amide bonds. The Labute approximate surface area is 145 Å². The molecule has 23 heavy (non-hydrogen) atoms. The highest BCUT2D eigenvalue weighted by Crippen LogP contribution is 2.28. The Kier molecular flexibility index (Phi) is 6.31.